The number of fused-ring (bicyclic) bond motifs is 1. The van der Waals surface area contributed by atoms with Crippen molar-refractivity contribution in [1.82, 2.24) is 25.1 Å². The molecule has 0 amide bonds. The first-order valence-corrected chi connectivity index (χ1v) is 12.1. The van der Waals surface area contributed by atoms with Gasteiger partial charge < -0.3 is 20.1 Å². The van der Waals surface area contributed by atoms with Crippen LogP contribution in [-0.2, 0) is 11.3 Å². The predicted molar refractivity (Wildman–Crippen MR) is 128 cm³/mol. The van der Waals surface area contributed by atoms with Gasteiger partial charge in [-0.05, 0) is 66.3 Å². The molecule has 0 bridgehead atoms. The van der Waals surface area contributed by atoms with E-state index in [4.69, 9.17) is 4.74 Å². The van der Waals surface area contributed by atoms with Gasteiger partial charge in [0.15, 0.2) is 11.6 Å². The molecule has 0 aliphatic rings. The van der Waals surface area contributed by atoms with E-state index >= 15 is 0 Å². The summed E-state index contributed by atoms with van der Waals surface area (Å²) in [4.78, 5) is 0.951. The van der Waals surface area contributed by atoms with Crippen LogP contribution in [-0.4, -0.2) is 52.4 Å². The molecule has 0 saturated carbocycles. The minimum absolute atomic E-state index is 0.101. The lowest BCUT2D eigenvalue weighted by atomic mass is 10.1. The molecule has 2 heterocycles. The number of H-pyrrole nitrogens is 1. The molecule has 4 rings (SSSR count). The Labute approximate surface area is 212 Å². The van der Waals surface area contributed by atoms with Gasteiger partial charge in [-0.2, -0.15) is 5.10 Å². The highest BCUT2D eigenvalue weighted by Gasteiger charge is 2.34. The van der Waals surface area contributed by atoms with Gasteiger partial charge >= 0.3 is 6.36 Å². The summed E-state index contributed by atoms with van der Waals surface area (Å²) >= 11 is 1.31. The monoisotopic (exact) mass is 542 g/mol. The summed E-state index contributed by atoms with van der Waals surface area (Å²) in [6.07, 6.45) is -0.198. The second-order valence-electron chi connectivity index (χ2n) is 8.00. The summed E-state index contributed by atoms with van der Waals surface area (Å²) < 4.78 is 77.1. The molecule has 0 fully saturated rings. The van der Waals surface area contributed by atoms with Crippen LogP contribution in [0.1, 0.15) is 18.4 Å². The van der Waals surface area contributed by atoms with Crippen LogP contribution in [0, 0.1) is 11.6 Å². The average molecular weight is 543 g/mol. The second-order valence-corrected chi connectivity index (χ2v) is 8.78. The van der Waals surface area contributed by atoms with Gasteiger partial charge in [0, 0.05) is 30.8 Å². The van der Waals surface area contributed by atoms with Crippen LogP contribution >= 0.6 is 11.5 Å². The second kappa shape index (κ2) is 12.3. The molecule has 0 radical (unpaired) electrons. The number of unbranched alkanes of at least 4 members (excludes halogenated alkanes) is 1. The highest BCUT2D eigenvalue weighted by molar-refractivity contribution is 7.09. The Morgan fingerprint density at radius 2 is 1.78 bits per heavy atom. The number of alkyl halides is 3. The average Bonchev–Trinajstić information content (AvgIpc) is 3.54. The fraction of sp³-hybridized carbons (Fsp3) is 0.348. The van der Waals surface area contributed by atoms with Gasteiger partial charge in [0.25, 0.3) is 0 Å². The molecule has 8 nitrogen and oxygen atoms in total. The Bertz CT molecular complexity index is 1280. The van der Waals surface area contributed by atoms with Crippen LogP contribution in [0.2, 0.25) is 0 Å². The van der Waals surface area contributed by atoms with Crippen LogP contribution in [0.3, 0.4) is 0 Å². The topological polar surface area (TPSA) is 97.0 Å². The number of rotatable bonds is 13. The molecular weight excluding hydrogens is 519 g/mol. The molecule has 198 valence electrons. The van der Waals surface area contributed by atoms with Crippen LogP contribution in [0.15, 0.2) is 36.7 Å². The molecule has 2 aromatic heterocycles. The predicted octanol–water partition coefficient (Wildman–Crippen LogP) is 5.26. The van der Waals surface area contributed by atoms with Crippen LogP contribution in [0.4, 0.5) is 27.6 Å². The molecule has 4 aromatic rings. The van der Waals surface area contributed by atoms with Crippen molar-refractivity contribution in [3.05, 3.63) is 53.9 Å². The molecule has 0 aliphatic carbocycles. The number of hydrogen-bond acceptors (Lipinski definition) is 8. The molecule has 2 aromatic carbocycles. The number of hydrogen-bond donors (Lipinski definition) is 3. The van der Waals surface area contributed by atoms with Crippen LogP contribution < -0.4 is 15.4 Å². The van der Waals surface area contributed by atoms with Crippen molar-refractivity contribution in [2.24, 2.45) is 0 Å². The molecule has 0 saturated heterocycles. The first kappa shape index (κ1) is 26.7. The smallest absolute Gasteiger partial charge is 0.399 e. The van der Waals surface area contributed by atoms with Gasteiger partial charge in [-0.3, -0.25) is 5.10 Å². The highest BCUT2D eigenvalue weighted by Crippen LogP contribution is 2.31. The summed E-state index contributed by atoms with van der Waals surface area (Å²) in [5.41, 5.74) is 2.99. The maximum absolute atomic E-state index is 13.7. The molecule has 3 N–H and O–H groups in total. The molecule has 0 atom stereocenters. The Morgan fingerprint density at radius 1 is 0.973 bits per heavy atom. The van der Waals surface area contributed by atoms with Crippen LogP contribution in [0.5, 0.6) is 5.75 Å². The molecule has 14 heteroatoms. The quantitative estimate of drug-likeness (QED) is 0.157. The van der Waals surface area contributed by atoms with Gasteiger partial charge in [-0.25, -0.2) is 8.78 Å². The molecular formula is C23H23F5N6O2S. The Kier molecular flexibility index (Phi) is 8.84. The van der Waals surface area contributed by atoms with Crippen molar-refractivity contribution in [1.29, 1.82) is 0 Å². The van der Waals surface area contributed by atoms with Gasteiger partial charge in [0.1, 0.15) is 0 Å². The Balaban J connectivity index is 1.12. The van der Waals surface area contributed by atoms with E-state index in [9.17, 15) is 22.0 Å². The van der Waals surface area contributed by atoms with Gasteiger partial charge in [0.2, 0.25) is 5.75 Å². The van der Waals surface area contributed by atoms with Crippen molar-refractivity contribution in [2.45, 2.75) is 25.7 Å². The zero-order chi connectivity index (χ0) is 26.3. The first-order chi connectivity index (χ1) is 17.8. The summed E-state index contributed by atoms with van der Waals surface area (Å²) in [7, 11) is 0. The summed E-state index contributed by atoms with van der Waals surface area (Å²) in [5.74, 6) is -4.27. The minimum Gasteiger partial charge on any atom is -0.399 e. The standard InChI is InChI=1S/C23H23F5N6O2S/c24-17-7-14(8-18(25)22(17)36-23(26,27)28)11-29-3-1-2-5-35-6-4-30-19-9-15(21-13-32-34-37-21)10-20-16(19)12-31-33-20/h7-10,12-13,29-30H,1-6,11H2,(H,31,33). The van der Waals surface area contributed by atoms with Gasteiger partial charge in [0.05, 0.1) is 29.4 Å². The van der Waals surface area contributed by atoms with Gasteiger partial charge in [-0.1, -0.05) is 4.49 Å². The van der Waals surface area contributed by atoms with Crippen molar-refractivity contribution in [3.63, 3.8) is 0 Å². The number of anilines is 1. The third-order valence-electron chi connectivity index (χ3n) is 5.26. The molecule has 0 spiro atoms. The molecule has 0 aliphatic heterocycles. The summed E-state index contributed by atoms with van der Waals surface area (Å²) in [6.45, 7) is 2.26. The largest absolute Gasteiger partial charge is 0.573 e. The fourth-order valence-electron chi connectivity index (χ4n) is 3.61. The Morgan fingerprint density at radius 3 is 2.51 bits per heavy atom. The van der Waals surface area contributed by atoms with E-state index in [-0.39, 0.29) is 12.1 Å². The lowest BCUT2D eigenvalue weighted by molar-refractivity contribution is -0.276. The van der Waals surface area contributed by atoms with Gasteiger partial charge in [-0.15, -0.1) is 18.3 Å². The number of ether oxygens (including phenoxy) is 2. The third kappa shape index (κ3) is 7.57. The summed E-state index contributed by atoms with van der Waals surface area (Å²) in [5, 5.41) is 18.3. The van der Waals surface area contributed by atoms with E-state index < -0.39 is 23.7 Å². The lowest BCUT2D eigenvalue weighted by Crippen LogP contribution is -2.20. The highest BCUT2D eigenvalue weighted by atomic mass is 32.1. The van der Waals surface area contributed by atoms with Crippen molar-refractivity contribution >= 4 is 28.1 Å². The van der Waals surface area contributed by atoms with E-state index in [1.165, 1.54) is 11.5 Å². The van der Waals surface area contributed by atoms with E-state index in [1.807, 2.05) is 12.1 Å². The van der Waals surface area contributed by atoms with Crippen molar-refractivity contribution in [3.8, 4) is 16.2 Å². The maximum atomic E-state index is 13.7. The molecule has 0 unspecified atom stereocenters. The minimum atomic E-state index is -5.17. The third-order valence-corrected chi connectivity index (χ3v) is 5.98. The normalized spacial score (nSPS) is 11.8. The number of benzene rings is 2. The number of nitrogens with zero attached hydrogens (tertiary/aromatic N) is 3. The zero-order valence-electron chi connectivity index (χ0n) is 19.4. The number of aromatic amines is 1. The zero-order valence-corrected chi connectivity index (χ0v) is 20.2. The van der Waals surface area contributed by atoms with Crippen molar-refractivity contribution < 1.29 is 31.4 Å². The fourth-order valence-corrected chi connectivity index (χ4v) is 4.11. The maximum Gasteiger partial charge on any atom is 0.573 e. The SMILES string of the molecule is Fc1cc(CNCCCCOCCNc2cc(-c3cnns3)cc3[nH]ncc23)cc(F)c1OC(F)(F)F. The van der Waals surface area contributed by atoms with Crippen LogP contribution in [0.25, 0.3) is 21.3 Å². The molecule has 37 heavy (non-hydrogen) atoms. The summed E-state index contributed by atoms with van der Waals surface area (Å²) in [6, 6.07) is 5.65. The van der Waals surface area contributed by atoms with E-state index in [2.05, 4.69) is 35.2 Å². The van der Waals surface area contributed by atoms with E-state index in [0.29, 0.717) is 26.3 Å². The van der Waals surface area contributed by atoms with E-state index in [0.717, 1.165) is 52.0 Å². The number of nitrogens with one attached hydrogen (secondary N) is 3. The lowest BCUT2D eigenvalue weighted by Gasteiger charge is -2.12. The number of halogens is 5. The Hall–Kier alpha value is -3.36. The van der Waals surface area contributed by atoms with E-state index in [1.54, 1.807) is 12.4 Å². The first-order valence-electron chi connectivity index (χ1n) is 11.3. The van der Waals surface area contributed by atoms with Crippen molar-refractivity contribution in [2.75, 3.05) is 31.6 Å². The number of aromatic nitrogens is 4.